The highest BCUT2D eigenvalue weighted by molar-refractivity contribution is 7.92. The molecule has 4 nitrogen and oxygen atoms in total. The maximum atomic E-state index is 11.6. The molecule has 1 aromatic rings. The molecule has 106 valence electrons. The Morgan fingerprint density at radius 3 is 2.53 bits per heavy atom. The van der Waals surface area contributed by atoms with Crippen molar-refractivity contribution < 1.29 is 8.42 Å². The van der Waals surface area contributed by atoms with Crippen LogP contribution in [0.25, 0.3) is 0 Å². The van der Waals surface area contributed by atoms with Crippen LogP contribution in [0.3, 0.4) is 0 Å². The molecule has 0 bridgehead atoms. The van der Waals surface area contributed by atoms with Crippen molar-refractivity contribution >= 4 is 44.3 Å². The first-order valence-electron chi connectivity index (χ1n) is 5.58. The van der Waals surface area contributed by atoms with E-state index >= 15 is 0 Å². The molecule has 0 unspecified atom stereocenters. The smallest absolute Gasteiger partial charge is 0.154 e. The number of anilines is 1. The molecule has 0 aromatic heterocycles. The summed E-state index contributed by atoms with van der Waals surface area (Å²) in [5.41, 5.74) is 6.80. The summed E-state index contributed by atoms with van der Waals surface area (Å²) in [5.74, 6) is 0. The standard InChI is InChI=1S/C12H17ClN2O2S2/c1-12(2,19(3,16)17)7-15-9-6-4-5-8(13)10(9)11(14)18/h4-6,15H,7H2,1-3H3,(H2,14,18). The lowest BCUT2D eigenvalue weighted by Gasteiger charge is -2.24. The quantitative estimate of drug-likeness (QED) is 0.814. The van der Waals surface area contributed by atoms with Gasteiger partial charge in [0.05, 0.1) is 15.3 Å². The molecular formula is C12H17ClN2O2S2. The summed E-state index contributed by atoms with van der Waals surface area (Å²) < 4.78 is 22.4. The molecular weight excluding hydrogens is 304 g/mol. The normalized spacial score (nSPS) is 12.2. The fourth-order valence-electron chi connectivity index (χ4n) is 1.36. The first kappa shape index (κ1) is 16.2. The molecule has 0 spiro atoms. The van der Waals surface area contributed by atoms with Gasteiger partial charge in [-0.15, -0.1) is 0 Å². The molecule has 0 heterocycles. The van der Waals surface area contributed by atoms with E-state index in [2.05, 4.69) is 5.32 Å². The molecule has 0 fully saturated rings. The number of hydrogen-bond acceptors (Lipinski definition) is 4. The molecule has 0 saturated heterocycles. The predicted octanol–water partition coefficient (Wildman–Crippen LogP) is 2.21. The number of nitrogens with two attached hydrogens (primary N) is 1. The Bertz CT molecular complexity index is 598. The van der Waals surface area contributed by atoms with Gasteiger partial charge < -0.3 is 11.1 Å². The average Bonchev–Trinajstić information content (AvgIpc) is 2.24. The SMILES string of the molecule is CC(C)(CNc1cccc(Cl)c1C(N)=S)S(C)(=O)=O. The molecule has 0 amide bonds. The maximum absolute atomic E-state index is 11.6. The van der Waals surface area contributed by atoms with Crippen LogP contribution < -0.4 is 11.1 Å². The number of thiocarbonyl (C=S) groups is 1. The zero-order valence-corrected chi connectivity index (χ0v) is 13.4. The highest BCUT2D eigenvalue weighted by Crippen LogP contribution is 2.25. The van der Waals surface area contributed by atoms with Crippen molar-refractivity contribution in [3.05, 3.63) is 28.8 Å². The van der Waals surface area contributed by atoms with Gasteiger partial charge in [-0.05, 0) is 26.0 Å². The molecule has 0 aliphatic heterocycles. The lowest BCUT2D eigenvalue weighted by molar-refractivity contribution is 0.560. The zero-order valence-electron chi connectivity index (χ0n) is 11.0. The van der Waals surface area contributed by atoms with Gasteiger partial charge in [-0.2, -0.15) is 0 Å². The maximum Gasteiger partial charge on any atom is 0.154 e. The molecule has 1 rings (SSSR count). The van der Waals surface area contributed by atoms with Gasteiger partial charge in [-0.3, -0.25) is 0 Å². The number of hydrogen-bond donors (Lipinski definition) is 2. The summed E-state index contributed by atoms with van der Waals surface area (Å²) in [6.45, 7) is 3.54. The summed E-state index contributed by atoms with van der Waals surface area (Å²) in [6, 6.07) is 5.20. The van der Waals surface area contributed by atoms with Gasteiger partial charge in [0, 0.05) is 18.5 Å². The van der Waals surface area contributed by atoms with Crippen LogP contribution in [0, 0.1) is 0 Å². The van der Waals surface area contributed by atoms with E-state index in [4.69, 9.17) is 29.6 Å². The Kier molecular flexibility index (Phi) is 4.81. The van der Waals surface area contributed by atoms with E-state index in [1.807, 2.05) is 0 Å². The first-order chi connectivity index (χ1) is 8.56. The van der Waals surface area contributed by atoms with Crippen LogP contribution in [0.5, 0.6) is 0 Å². The largest absolute Gasteiger partial charge is 0.389 e. The van der Waals surface area contributed by atoms with Crippen molar-refractivity contribution in [2.24, 2.45) is 5.73 Å². The average molecular weight is 321 g/mol. The fourth-order valence-corrected chi connectivity index (χ4v) is 2.25. The van der Waals surface area contributed by atoms with Gasteiger partial charge in [0.15, 0.2) is 9.84 Å². The van der Waals surface area contributed by atoms with E-state index in [-0.39, 0.29) is 11.5 Å². The van der Waals surface area contributed by atoms with Crippen molar-refractivity contribution in [2.45, 2.75) is 18.6 Å². The van der Waals surface area contributed by atoms with Crippen LogP contribution >= 0.6 is 23.8 Å². The Morgan fingerprint density at radius 1 is 1.47 bits per heavy atom. The van der Waals surface area contributed by atoms with Gasteiger partial charge in [0.1, 0.15) is 4.99 Å². The molecule has 0 saturated carbocycles. The second kappa shape index (κ2) is 5.64. The summed E-state index contributed by atoms with van der Waals surface area (Å²) >= 11 is 11.0. The molecule has 7 heteroatoms. The van der Waals surface area contributed by atoms with E-state index in [1.165, 1.54) is 6.26 Å². The molecule has 1 aromatic carbocycles. The summed E-state index contributed by atoms with van der Waals surface area (Å²) in [4.78, 5) is 0.172. The Hall–Kier alpha value is -0.850. The fraction of sp³-hybridized carbons (Fsp3) is 0.417. The lowest BCUT2D eigenvalue weighted by atomic mass is 10.1. The van der Waals surface area contributed by atoms with E-state index < -0.39 is 14.6 Å². The van der Waals surface area contributed by atoms with Crippen LogP contribution in [0.4, 0.5) is 5.69 Å². The Morgan fingerprint density at radius 2 is 2.05 bits per heavy atom. The van der Waals surface area contributed by atoms with E-state index in [9.17, 15) is 8.42 Å². The zero-order chi connectivity index (χ0) is 14.8. The first-order valence-corrected chi connectivity index (χ1v) is 8.26. The third-order valence-electron chi connectivity index (χ3n) is 2.97. The molecule has 19 heavy (non-hydrogen) atoms. The minimum absolute atomic E-state index is 0.172. The van der Waals surface area contributed by atoms with Crippen LogP contribution in [0.1, 0.15) is 19.4 Å². The van der Waals surface area contributed by atoms with Crippen molar-refractivity contribution in [3.8, 4) is 0 Å². The van der Waals surface area contributed by atoms with Crippen molar-refractivity contribution in [1.29, 1.82) is 0 Å². The lowest BCUT2D eigenvalue weighted by Crippen LogP contribution is -2.38. The van der Waals surface area contributed by atoms with Crippen molar-refractivity contribution in [1.82, 2.24) is 0 Å². The van der Waals surface area contributed by atoms with Gasteiger partial charge in [0.2, 0.25) is 0 Å². The second-order valence-electron chi connectivity index (χ2n) is 4.91. The van der Waals surface area contributed by atoms with Crippen molar-refractivity contribution in [2.75, 3.05) is 18.1 Å². The van der Waals surface area contributed by atoms with Gasteiger partial charge in [0.25, 0.3) is 0 Å². The Labute approximate surface area is 124 Å². The number of nitrogens with one attached hydrogen (secondary N) is 1. The van der Waals surface area contributed by atoms with Gasteiger partial charge >= 0.3 is 0 Å². The molecule has 0 aliphatic rings. The highest BCUT2D eigenvalue weighted by atomic mass is 35.5. The number of benzene rings is 1. The van der Waals surface area contributed by atoms with E-state index in [1.54, 1.807) is 32.0 Å². The van der Waals surface area contributed by atoms with Crippen LogP contribution in [-0.2, 0) is 9.84 Å². The van der Waals surface area contributed by atoms with Crippen molar-refractivity contribution in [3.63, 3.8) is 0 Å². The highest BCUT2D eigenvalue weighted by Gasteiger charge is 2.30. The number of rotatable bonds is 5. The molecule has 0 atom stereocenters. The monoisotopic (exact) mass is 320 g/mol. The van der Waals surface area contributed by atoms with Gasteiger partial charge in [-0.1, -0.05) is 29.9 Å². The molecule has 0 radical (unpaired) electrons. The number of halogens is 1. The third kappa shape index (κ3) is 3.81. The van der Waals surface area contributed by atoms with E-state index in [0.717, 1.165) is 0 Å². The van der Waals surface area contributed by atoms with Crippen LogP contribution in [0.15, 0.2) is 18.2 Å². The third-order valence-corrected chi connectivity index (χ3v) is 5.64. The topological polar surface area (TPSA) is 72.2 Å². The molecule has 0 aliphatic carbocycles. The predicted molar refractivity (Wildman–Crippen MR) is 84.8 cm³/mol. The summed E-state index contributed by atoms with van der Waals surface area (Å²) in [6.07, 6.45) is 1.21. The Balaban J connectivity index is 3.03. The second-order valence-corrected chi connectivity index (χ2v) is 8.41. The minimum atomic E-state index is -3.18. The summed E-state index contributed by atoms with van der Waals surface area (Å²) in [7, 11) is -3.18. The van der Waals surface area contributed by atoms with E-state index in [0.29, 0.717) is 16.3 Å². The van der Waals surface area contributed by atoms with Crippen LogP contribution in [0.2, 0.25) is 5.02 Å². The summed E-state index contributed by atoms with van der Waals surface area (Å²) in [5, 5.41) is 3.49. The number of sulfone groups is 1. The van der Waals surface area contributed by atoms with Crippen LogP contribution in [-0.4, -0.2) is 31.0 Å². The van der Waals surface area contributed by atoms with Gasteiger partial charge in [-0.25, -0.2) is 8.42 Å². The minimum Gasteiger partial charge on any atom is -0.389 e. The molecule has 3 N–H and O–H groups in total.